The lowest BCUT2D eigenvalue weighted by Crippen LogP contribution is -2.17. The van der Waals surface area contributed by atoms with Crippen LogP contribution in [0.5, 0.6) is 0 Å². The highest BCUT2D eigenvalue weighted by Crippen LogP contribution is 2.29. The summed E-state index contributed by atoms with van der Waals surface area (Å²) in [5.41, 5.74) is 5.17. The zero-order chi connectivity index (χ0) is 20.3. The molecule has 30 heavy (non-hydrogen) atoms. The maximum absolute atomic E-state index is 4.74. The van der Waals surface area contributed by atoms with E-state index in [2.05, 4.69) is 59.0 Å². The zero-order valence-electron chi connectivity index (χ0n) is 16.0. The van der Waals surface area contributed by atoms with E-state index in [0.717, 1.165) is 28.8 Å². The zero-order valence-corrected chi connectivity index (χ0v) is 17.6. The first-order chi connectivity index (χ1) is 14.7. The van der Waals surface area contributed by atoms with Gasteiger partial charge in [-0.2, -0.15) is 0 Å². The summed E-state index contributed by atoms with van der Waals surface area (Å²) in [6.45, 7) is 1.58. The van der Waals surface area contributed by atoms with Crippen molar-refractivity contribution in [2.45, 2.75) is 13.1 Å². The van der Waals surface area contributed by atoms with Crippen molar-refractivity contribution in [3.05, 3.63) is 94.1 Å². The second-order valence-corrected chi connectivity index (χ2v) is 7.85. The van der Waals surface area contributed by atoms with Crippen LogP contribution in [0.1, 0.15) is 22.4 Å². The molecule has 146 valence electrons. The topological polar surface area (TPSA) is 67.7 Å². The number of benzene rings is 1. The van der Waals surface area contributed by atoms with Gasteiger partial charge in [-0.25, -0.2) is 19.9 Å². The Morgan fingerprint density at radius 1 is 0.800 bits per heavy atom. The summed E-state index contributed by atoms with van der Waals surface area (Å²) >= 11 is 3.54. The molecular weight excluding hydrogens is 440 g/mol. The van der Waals surface area contributed by atoms with Gasteiger partial charge in [0.05, 0.1) is 5.69 Å². The van der Waals surface area contributed by atoms with Crippen LogP contribution in [0.4, 0.5) is 5.95 Å². The Labute approximate surface area is 182 Å². The molecule has 0 saturated heterocycles. The van der Waals surface area contributed by atoms with Gasteiger partial charge < -0.3 is 4.90 Å². The molecule has 5 rings (SSSR count). The monoisotopic (exact) mass is 456 g/mol. The predicted molar refractivity (Wildman–Crippen MR) is 120 cm³/mol. The standard InChI is InChI=1S/C23H17BrN6/c24-19-3-2-17-14-30(15-18(17)13-19)23-27-12-8-21(29-23)22-26-11-7-20(28-22)4-1-16-5-9-25-10-6-16/h1-13H,14-15H2/b4-1+. The van der Waals surface area contributed by atoms with Crippen molar-refractivity contribution in [3.63, 3.8) is 0 Å². The second-order valence-electron chi connectivity index (χ2n) is 6.93. The van der Waals surface area contributed by atoms with Crippen LogP contribution in [0.3, 0.4) is 0 Å². The van der Waals surface area contributed by atoms with E-state index in [-0.39, 0.29) is 0 Å². The Hall–Kier alpha value is -3.45. The number of halogens is 1. The fourth-order valence-electron chi connectivity index (χ4n) is 3.37. The van der Waals surface area contributed by atoms with Gasteiger partial charge in [0.25, 0.3) is 0 Å². The van der Waals surface area contributed by atoms with E-state index in [1.807, 2.05) is 36.4 Å². The largest absolute Gasteiger partial charge is 0.332 e. The number of hydrogen-bond acceptors (Lipinski definition) is 6. The van der Waals surface area contributed by atoms with E-state index in [1.165, 1.54) is 11.1 Å². The molecule has 3 aromatic heterocycles. The summed E-state index contributed by atoms with van der Waals surface area (Å²) in [7, 11) is 0. The van der Waals surface area contributed by atoms with Crippen LogP contribution >= 0.6 is 15.9 Å². The van der Waals surface area contributed by atoms with Crippen LogP contribution in [-0.2, 0) is 13.1 Å². The van der Waals surface area contributed by atoms with Gasteiger partial charge in [-0.3, -0.25) is 4.98 Å². The Morgan fingerprint density at radius 3 is 2.53 bits per heavy atom. The van der Waals surface area contributed by atoms with Crippen LogP contribution < -0.4 is 4.90 Å². The summed E-state index contributed by atoms with van der Waals surface area (Å²) in [6.07, 6.45) is 11.0. The summed E-state index contributed by atoms with van der Waals surface area (Å²) in [5, 5.41) is 0. The van der Waals surface area contributed by atoms with Crippen molar-refractivity contribution < 1.29 is 0 Å². The number of anilines is 1. The minimum atomic E-state index is 0.579. The lowest BCUT2D eigenvalue weighted by atomic mass is 10.1. The maximum atomic E-state index is 4.74. The lowest BCUT2D eigenvalue weighted by Gasteiger charge is -2.15. The highest BCUT2D eigenvalue weighted by Gasteiger charge is 2.21. The molecule has 4 heterocycles. The number of rotatable bonds is 4. The molecule has 4 aromatic rings. The molecule has 0 amide bonds. The SMILES string of the molecule is Brc1ccc2c(c1)CN(c1nccc(-c3nccc(/C=C/c4ccncc4)n3)n1)C2. The van der Waals surface area contributed by atoms with Gasteiger partial charge in [0, 0.05) is 42.3 Å². The van der Waals surface area contributed by atoms with E-state index < -0.39 is 0 Å². The van der Waals surface area contributed by atoms with Crippen LogP contribution in [0.15, 0.2) is 71.7 Å². The van der Waals surface area contributed by atoms with Gasteiger partial charge in [-0.05, 0) is 59.2 Å². The predicted octanol–water partition coefficient (Wildman–Crippen LogP) is 4.78. The minimum absolute atomic E-state index is 0.579. The molecule has 0 radical (unpaired) electrons. The summed E-state index contributed by atoms with van der Waals surface area (Å²) in [6, 6.07) is 14.0. The van der Waals surface area contributed by atoms with Gasteiger partial charge in [-0.15, -0.1) is 0 Å². The number of nitrogens with zero attached hydrogens (tertiary/aromatic N) is 6. The van der Waals surface area contributed by atoms with Crippen molar-refractivity contribution in [1.29, 1.82) is 0 Å². The normalized spacial score (nSPS) is 13.0. The van der Waals surface area contributed by atoms with Crippen molar-refractivity contribution in [2.24, 2.45) is 0 Å². The third kappa shape index (κ3) is 3.97. The van der Waals surface area contributed by atoms with Gasteiger partial charge in [0.2, 0.25) is 5.95 Å². The van der Waals surface area contributed by atoms with E-state index in [4.69, 9.17) is 4.98 Å². The molecule has 0 spiro atoms. The highest BCUT2D eigenvalue weighted by atomic mass is 79.9. The van der Waals surface area contributed by atoms with E-state index >= 15 is 0 Å². The Bertz CT molecular complexity index is 1230. The molecule has 1 aromatic carbocycles. The molecule has 1 aliphatic heterocycles. The summed E-state index contributed by atoms with van der Waals surface area (Å²) < 4.78 is 1.09. The number of pyridine rings is 1. The fourth-order valence-corrected chi connectivity index (χ4v) is 3.78. The molecule has 0 N–H and O–H groups in total. The number of aromatic nitrogens is 5. The average Bonchev–Trinajstić information content (AvgIpc) is 3.22. The van der Waals surface area contributed by atoms with Crippen LogP contribution in [0.2, 0.25) is 0 Å². The van der Waals surface area contributed by atoms with Gasteiger partial charge in [0.15, 0.2) is 5.82 Å². The van der Waals surface area contributed by atoms with E-state index in [9.17, 15) is 0 Å². The van der Waals surface area contributed by atoms with Crippen molar-refractivity contribution in [2.75, 3.05) is 4.90 Å². The number of hydrogen-bond donors (Lipinski definition) is 0. The summed E-state index contributed by atoms with van der Waals surface area (Å²) in [5.74, 6) is 1.26. The third-order valence-corrected chi connectivity index (χ3v) is 5.37. The molecule has 6 nitrogen and oxygen atoms in total. The van der Waals surface area contributed by atoms with Crippen LogP contribution in [-0.4, -0.2) is 24.9 Å². The average molecular weight is 457 g/mol. The molecule has 0 saturated carbocycles. The lowest BCUT2D eigenvalue weighted by molar-refractivity contribution is 0.828. The maximum Gasteiger partial charge on any atom is 0.226 e. The van der Waals surface area contributed by atoms with Gasteiger partial charge in [-0.1, -0.05) is 28.1 Å². The Kier molecular flexibility index (Phi) is 5.03. The Morgan fingerprint density at radius 2 is 1.63 bits per heavy atom. The summed E-state index contributed by atoms with van der Waals surface area (Å²) in [4.78, 5) is 24.5. The van der Waals surface area contributed by atoms with Crippen LogP contribution in [0.25, 0.3) is 23.7 Å². The molecule has 0 fully saturated rings. The molecular formula is C23H17BrN6. The van der Waals surface area contributed by atoms with Crippen LogP contribution in [0, 0.1) is 0 Å². The van der Waals surface area contributed by atoms with Gasteiger partial charge >= 0.3 is 0 Å². The molecule has 1 aliphatic rings. The fraction of sp³-hybridized carbons (Fsp3) is 0.0870. The molecule has 0 atom stereocenters. The molecule has 0 bridgehead atoms. The number of fused-ring (bicyclic) bond motifs is 1. The van der Waals surface area contributed by atoms with E-state index in [0.29, 0.717) is 17.5 Å². The molecule has 0 aliphatic carbocycles. The smallest absolute Gasteiger partial charge is 0.226 e. The first kappa shape index (κ1) is 18.6. The van der Waals surface area contributed by atoms with Gasteiger partial charge in [0.1, 0.15) is 5.69 Å². The Balaban J connectivity index is 1.39. The first-order valence-electron chi connectivity index (χ1n) is 9.51. The highest BCUT2D eigenvalue weighted by molar-refractivity contribution is 9.10. The van der Waals surface area contributed by atoms with E-state index in [1.54, 1.807) is 24.8 Å². The molecule has 0 unspecified atom stereocenters. The van der Waals surface area contributed by atoms with Crippen molar-refractivity contribution in [3.8, 4) is 11.5 Å². The first-order valence-corrected chi connectivity index (χ1v) is 10.3. The van der Waals surface area contributed by atoms with Crippen molar-refractivity contribution in [1.82, 2.24) is 24.9 Å². The second kappa shape index (κ2) is 8.12. The minimum Gasteiger partial charge on any atom is -0.332 e. The third-order valence-electron chi connectivity index (χ3n) is 4.88. The van der Waals surface area contributed by atoms with Crippen molar-refractivity contribution >= 4 is 34.0 Å². The quantitative estimate of drug-likeness (QED) is 0.440. The molecule has 7 heteroatoms.